The average Bonchev–Trinajstić information content (AvgIpc) is 2.27. The van der Waals surface area contributed by atoms with E-state index in [2.05, 4.69) is 0 Å². The molecule has 0 fully saturated rings. The zero-order chi connectivity index (χ0) is 11.7. The number of nitro benzene ring substituents is 1. The first-order chi connectivity index (χ1) is 7.61. The van der Waals surface area contributed by atoms with Crippen molar-refractivity contribution in [2.24, 2.45) is 0 Å². The first-order valence-electron chi connectivity index (χ1n) is 5.41. The largest absolute Gasteiger partial charge is 0.294 e. The molecule has 0 spiro atoms. The fraction of sp³-hybridized carbons (Fsp3) is 0.417. The van der Waals surface area contributed by atoms with Crippen molar-refractivity contribution in [2.45, 2.75) is 32.6 Å². The topological polar surface area (TPSA) is 60.2 Å². The van der Waals surface area contributed by atoms with Crippen molar-refractivity contribution in [3.63, 3.8) is 0 Å². The van der Waals surface area contributed by atoms with Gasteiger partial charge in [0.2, 0.25) is 0 Å². The third-order valence-corrected chi connectivity index (χ3v) is 3.06. The number of fused-ring (bicyclic) bond motifs is 1. The Morgan fingerprint density at radius 1 is 1.31 bits per heavy atom. The minimum atomic E-state index is -0.416. The lowest BCUT2D eigenvalue weighted by molar-refractivity contribution is -0.385. The molecule has 1 aromatic rings. The number of carbonyl (C=O) groups excluding carboxylic acids is 1. The number of hydrogen-bond donors (Lipinski definition) is 0. The minimum Gasteiger partial charge on any atom is -0.294 e. The Morgan fingerprint density at radius 3 is 2.62 bits per heavy atom. The summed E-state index contributed by atoms with van der Waals surface area (Å²) in [4.78, 5) is 22.0. The SMILES string of the molecule is CC(=O)c1ccc2c(c1[N+](=O)[O-])CCCC2. The lowest BCUT2D eigenvalue weighted by Crippen LogP contribution is -2.10. The van der Waals surface area contributed by atoms with Gasteiger partial charge in [-0.1, -0.05) is 6.07 Å². The van der Waals surface area contributed by atoms with Gasteiger partial charge in [-0.05, 0) is 44.2 Å². The van der Waals surface area contributed by atoms with E-state index in [-0.39, 0.29) is 17.0 Å². The second kappa shape index (κ2) is 4.04. The van der Waals surface area contributed by atoms with Gasteiger partial charge in [-0.15, -0.1) is 0 Å². The number of rotatable bonds is 2. The van der Waals surface area contributed by atoms with Crippen LogP contribution in [0.5, 0.6) is 0 Å². The molecule has 16 heavy (non-hydrogen) atoms. The Labute approximate surface area is 93.4 Å². The van der Waals surface area contributed by atoms with Crippen LogP contribution in [0.2, 0.25) is 0 Å². The highest BCUT2D eigenvalue weighted by molar-refractivity contribution is 5.98. The molecule has 0 saturated heterocycles. The van der Waals surface area contributed by atoms with E-state index in [9.17, 15) is 14.9 Å². The lowest BCUT2D eigenvalue weighted by atomic mass is 9.88. The van der Waals surface area contributed by atoms with Crippen molar-refractivity contribution >= 4 is 11.5 Å². The summed E-state index contributed by atoms with van der Waals surface area (Å²) in [6, 6.07) is 3.45. The maximum Gasteiger partial charge on any atom is 0.283 e. The highest BCUT2D eigenvalue weighted by atomic mass is 16.6. The Kier molecular flexibility index (Phi) is 2.73. The zero-order valence-corrected chi connectivity index (χ0v) is 9.16. The first kappa shape index (κ1) is 10.8. The van der Waals surface area contributed by atoms with Crippen LogP contribution in [0.15, 0.2) is 12.1 Å². The predicted molar refractivity (Wildman–Crippen MR) is 59.7 cm³/mol. The van der Waals surface area contributed by atoms with Gasteiger partial charge in [0.15, 0.2) is 5.78 Å². The fourth-order valence-electron chi connectivity index (χ4n) is 2.30. The molecule has 1 aliphatic rings. The van der Waals surface area contributed by atoms with E-state index in [4.69, 9.17) is 0 Å². The smallest absolute Gasteiger partial charge is 0.283 e. The maximum absolute atomic E-state index is 11.4. The monoisotopic (exact) mass is 219 g/mol. The van der Waals surface area contributed by atoms with E-state index in [1.165, 1.54) is 6.92 Å². The number of ketones is 1. The number of aryl methyl sites for hydroxylation is 1. The molecule has 1 aromatic carbocycles. The van der Waals surface area contributed by atoms with Crippen LogP contribution in [-0.2, 0) is 12.8 Å². The van der Waals surface area contributed by atoms with Gasteiger partial charge in [-0.25, -0.2) is 0 Å². The van der Waals surface area contributed by atoms with E-state index >= 15 is 0 Å². The van der Waals surface area contributed by atoms with E-state index < -0.39 is 4.92 Å². The summed E-state index contributed by atoms with van der Waals surface area (Å²) in [5, 5.41) is 11.1. The molecular weight excluding hydrogens is 206 g/mol. The van der Waals surface area contributed by atoms with E-state index in [1.54, 1.807) is 6.07 Å². The highest BCUT2D eigenvalue weighted by Crippen LogP contribution is 2.32. The zero-order valence-electron chi connectivity index (χ0n) is 9.16. The fourth-order valence-corrected chi connectivity index (χ4v) is 2.30. The second-order valence-corrected chi connectivity index (χ2v) is 4.12. The van der Waals surface area contributed by atoms with Crippen LogP contribution in [0.3, 0.4) is 0 Å². The van der Waals surface area contributed by atoms with Crippen molar-refractivity contribution in [2.75, 3.05) is 0 Å². The number of hydrogen-bond acceptors (Lipinski definition) is 3. The van der Waals surface area contributed by atoms with Crippen molar-refractivity contribution in [1.82, 2.24) is 0 Å². The molecule has 0 radical (unpaired) electrons. The van der Waals surface area contributed by atoms with E-state index in [1.807, 2.05) is 6.07 Å². The molecule has 0 bridgehead atoms. The van der Waals surface area contributed by atoms with E-state index in [0.717, 1.165) is 30.4 Å². The van der Waals surface area contributed by atoms with Crippen LogP contribution in [0.4, 0.5) is 5.69 Å². The average molecular weight is 219 g/mol. The van der Waals surface area contributed by atoms with Gasteiger partial charge in [-0.2, -0.15) is 0 Å². The molecule has 0 amide bonds. The van der Waals surface area contributed by atoms with Crippen molar-refractivity contribution in [3.8, 4) is 0 Å². The summed E-state index contributed by atoms with van der Waals surface area (Å²) in [5.74, 6) is -0.236. The highest BCUT2D eigenvalue weighted by Gasteiger charge is 2.26. The maximum atomic E-state index is 11.4. The molecule has 0 heterocycles. The molecule has 4 heteroatoms. The summed E-state index contributed by atoms with van der Waals surface area (Å²) in [5.41, 5.74) is 2.07. The van der Waals surface area contributed by atoms with Gasteiger partial charge >= 0.3 is 0 Å². The van der Waals surface area contributed by atoms with Crippen LogP contribution in [-0.4, -0.2) is 10.7 Å². The standard InChI is InChI=1S/C12H13NO3/c1-8(14)10-7-6-9-4-2-3-5-11(9)12(10)13(15)16/h6-7H,2-5H2,1H3. The third-order valence-electron chi connectivity index (χ3n) is 3.06. The summed E-state index contributed by atoms with van der Waals surface area (Å²) < 4.78 is 0. The summed E-state index contributed by atoms with van der Waals surface area (Å²) in [6.07, 6.45) is 3.64. The van der Waals surface area contributed by atoms with Crippen LogP contribution < -0.4 is 0 Å². The molecule has 0 N–H and O–H groups in total. The Bertz CT molecular complexity index is 466. The first-order valence-corrected chi connectivity index (χ1v) is 5.41. The lowest BCUT2D eigenvalue weighted by Gasteiger charge is -2.16. The minimum absolute atomic E-state index is 0.0321. The van der Waals surface area contributed by atoms with Crippen LogP contribution in [0, 0.1) is 10.1 Å². The van der Waals surface area contributed by atoms with Crippen LogP contribution >= 0.6 is 0 Å². The molecule has 1 aliphatic carbocycles. The third kappa shape index (κ3) is 1.71. The van der Waals surface area contributed by atoms with Crippen LogP contribution in [0.1, 0.15) is 41.3 Å². The summed E-state index contributed by atoms with van der Waals surface area (Å²) >= 11 is 0. The quantitative estimate of drug-likeness (QED) is 0.436. The van der Waals surface area contributed by atoms with Gasteiger partial charge in [-0.3, -0.25) is 14.9 Å². The molecule has 84 valence electrons. The van der Waals surface area contributed by atoms with Gasteiger partial charge in [0, 0.05) is 5.56 Å². The molecule has 0 saturated carbocycles. The number of benzene rings is 1. The molecule has 0 aromatic heterocycles. The van der Waals surface area contributed by atoms with E-state index in [0.29, 0.717) is 6.42 Å². The van der Waals surface area contributed by atoms with Gasteiger partial charge in [0.05, 0.1) is 10.5 Å². The molecule has 0 aliphatic heterocycles. The van der Waals surface area contributed by atoms with Gasteiger partial charge in [0.1, 0.15) is 0 Å². The Hall–Kier alpha value is -1.71. The van der Waals surface area contributed by atoms with Gasteiger partial charge in [0.25, 0.3) is 5.69 Å². The molecule has 2 rings (SSSR count). The Morgan fingerprint density at radius 2 is 2.00 bits per heavy atom. The van der Waals surface area contributed by atoms with Gasteiger partial charge < -0.3 is 0 Å². The number of Topliss-reactive ketones (excluding diaryl/α,β-unsaturated/α-hetero) is 1. The second-order valence-electron chi connectivity index (χ2n) is 4.12. The molecule has 0 atom stereocenters. The number of carbonyl (C=O) groups is 1. The van der Waals surface area contributed by atoms with Crippen molar-refractivity contribution in [3.05, 3.63) is 38.9 Å². The summed E-state index contributed by atoms with van der Waals surface area (Å²) in [7, 11) is 0. The number of nitro groups is 1. The van der Waals surface area contributed by atoms with Crippen molar-refractivity contribution in [1.29, 1.82) is 0 Å². The molecular formula is C12H13NO3. The van der Waals surface area contributed by atoms with Crippen molar-refractivity contribution < 1.29 is 9.72 Å². The molecule has 0 unspecified atom stereocenters. The number of nitrogens with zero attached hydrogens (tertiary/aromatic N) is 1. The van der Waals surface area contributed by atoms with Crippen LogP contribution in [0.25, 0.3) is 0 Å². The normalized spacial score (nSPS) is 14.3. The molecule has 4 nitrogen and oxygen atoms in total. The Balaban J connectivity index is 2.66. The summed E-state index contributed by atoms with van der Waals surface area (Å²) in [6.45, 7) is 1.37. The predicted octanol–water partition coefficient (Wildman–Crippen LogP) is 2.68.